The Morgan fingerprint density at radius 3 is 2.41 bits per heavy atom. The van der Waals surface area contributed by atoms with Gasteiger partial charge in [0.25, 0.3) is 0 Å². The fourth-order valence-corrected chi connectivity index (χ4v) is 5.62. The van der Waals surface area contributed by atoms with Gasteiger partial charge in [-0.3, -0.25) is 19.2 Å². The van der Waals surface area contributed by atoms with Crippen molar-refractivity contribution in [2.24, 2.45) is 5.41 Å². The van der Waals surface area contributed by atoms with Gasteiger partial charge in [-0.2, -0.15) is 10.2 Å². The number of pyridine rings is 2. The summed E-state index contributed by atoms with van der Waals surface area (Å²) in [6, 6.07) is 2.82. The average Bonchev–Trinajstić information content (AvgIpc) is 3.37. The summed E-state index contributed by atoms with van der Waals surface area (Å²) in [5, 5.41) is 11.8. The van der Waals surface area contributed by atoms with Gasteiger partial charge in [-0.05, 0) is 30.4 Å². The lowest BCUT2D eigenvalue weighted by Crippen LogP contribution is -2.58. The zero-order valence-electron chi connectivity index (χ0n) is 19.9. The summed E-state index contributed by atoms with van der Waals surface area (Å²) in [6.45, 7) is 0.324. The summed E-state index contributed by atoms with van der Waals surface area (Å²) in [4.78, 5) is 8.31. The Morgan fingerprint density at radius 2 is 1.76 bits per heavy atom. The molecule has 168 valence electrons. The van der Waals surface area contributed by atoms with Crippen LogP contribution in [0.5, 0.6) is 0 Å². The van der Waals surface area contributed by atoms with Crippen molar-refractivity contribution in [1.29, 1.82) is 0 Å². The Balaban J connectivity index is 1.80. The fraction of sp³-hybridized carbons (Fsp3) is 0.300. The summed E-state index contributed by atoms with van der Waals surface area (Å²) in [5.74, 6) is -1.00. The minimum atomic E-state index is -1.48. The van der Waals surface area contributed by atoms with Crippen molar-refractivity contribution < 1.29 is 13.2 Å². The van der Waals surface area contributed by atoms with Crippen LogP contribution in [0.3, 0.4) is 0 Å². The van der Waals surface area contributed by atoms with E-state index in [2.05, 4.69) is 20.2 Å². The Kier molecular flexibility index (Phi) is 5.08. The maximum atomic E-state index is 15.8. The van der Waals surface area contributed by atoms with Crippen LogP contribution in [0.15, 0.2) is 30.7 Å². The van der Waals surface area contributed by atoms with Gasteiger partial charge in [0, 0.05) is 28.8 Å². The first-order chi connectivity index (χ1) is 15.9. The number of nitrogens with one attached hydrogen (secondary N) is 1. The molecule has 0 amide bonds. The third kappa shape index (κ3) is 3.33. The van der Waals surface area contributed by atoms with E-state index in [-0.39, 0.29) is 5.11 Å². The smallest absolute Gasteiger partial charge is 0.155 e. The maximum Gasteiger partial charge on any atom is 0.155 e. The predicted molar refractivity (Wildman–Crippen MR) is 138 cm³/mol. The van der Waals surface area contributed by atoms with E-state index in [1.165, 1.54) is 18.3 Å². The normalized spacial score (nSPS) is 18.8. The highest BCUT2D eigenvalue weighted by Crippen LogP contribution is 2.54. The highest BCUT2D eigenvalue weighted by molar-refractivity contribution is 6.60. The van der Waals surface area contributed by atoms with E-state index in [9.17, 15) is 4.39 Å². The molecule has 4 aromatic rings. The van der Waals surface area contributed by atoms with Crippen molar-refractivity contribution in [3.8, 4) is 22.5 Å². The van der Waals surface area contributed by atoms with Gasteiger partial charge in [0.2, 0.25) is 0 Å². The molecule has 0 radical (unpaired) electrons. The lowest BCUT2D eigenvalue weighted by atomic mass is 9.25. The number of fused-ring (bicyclic) bond motifs is 2. The predicted octanol–water partition coefficient (Wildman–Crippen LogP) is -1.04. The van der Waals surface area contributed by atoms with E-state index in [1.54, 1.807) is 20.4 Å². The van der Waals surface area contributed by atoms with Crippen LogP contribution < -0.4 is 0 Å². The van der Waals surface area contributed by atoms with Crippen LogP contribution in [0, 0.1) is 17.0 Å². The van der Waals surface area contributed by atoms with Gasteiger partial charge in [-0.15, -0.1) is 5.11 Å². The van der Waals surface area contributed by atoms with Gasteiger partial charge < -0.3 is 0 Å². The second-order valence-electron chi connectivity index (χ2n) is 10.6. The number of hydrogen-bond donors (Lipinski definition) is 1. The highest BCUT2D eigenvalue weighted by Gasteiger charge is 2.54. The first kappa shape index (κ1) is 22.9. The van der Waals surface area contributed by atoms with Crippen LogP contribution >= 0.6 is 0 Å². The van der Waals surface area contributed by atoms with Crippen LogP contribution in [0.4, 0.5) is 13.2 Å². The molecule has 14 heteroatoms. The first-order valence-corrected chi connectivity index (χ1v) is 11.3. The van der Waals surface area contributed by atoms with Crippen LogP contribution in [0.2, 0.25) is 5.11 Å². The quantitative estimate of drug-likeness (QED) is 0.398. The molecule has 0 aromatic carbocycles. The van der Waals surface area contributed by atoms with Crippen molar-refractivity contribution in [2.75, 3.05) is 0 Å². The summed E-state index contributed by atoms with van der Waals surface area (Å²) < 4.78 is 46.5. The second-order valence-corrected chi connectivity index (χ2v) is 10.6. The molecule has 0 fully saturated rings. The molecule has 5 rings (SSSR count). The molecule has 0 bridgehead atoms. The molecule has 1 aliphatic heterocycles. The van der Waals surface area contributed by atoms with Gasteiger partial charge in [-0.25, -0.2) is 13.8 Å². The van der Waals surface area contributed by atoms with Crippen LogP contribution in [-0.4, -0.2) is 74.6 Å². The number of aromatic amines is 1. The molecule has 0 spiro atoms. The number of H-pyrrole nitrogens is 1. The van der Waals surface area contributed by atoms with E-state index in [0.29, 0.717) is 52.9 Å². The molecule has 1 N–H and O–H groups in total. The standard InChI is InChI=1S/C20H22B5F3N6/c21-19(22,23)18(20(24,25)28)4-3-13-15(14-10-6-31-32-17(10)30-7-11(14)27)16(33-34(13)8-18)12-2-1-9(26)5-29-12/h1-2,5-7H,3-4,8,21-25H2,(H,30,31,32). The number of alkyl halides is 1. The monoisotopic (exact) mass is 458 g/mol. The van der Waals surface area contributed by atoms with Gasteiger partial charge in [-0.1, -0.05) is 0 Å². The minimum absolute atomic E-state index is 0.309. The number of nitrogens with zero attached hydrogens (tertiary/aromatic N) is 5. The lowest BCUT2D eigenvalue weighted by Gasteiger charge is -2.54. The zero-order valence-corrected chi connectivity index (χ0v) is 19.9. The minimum Gasteiger partial charge on any atom is -0.268 e. The maximum absolute atomic E-state index is 15.8. The Morgan fingerprint density at radius 1 is 1.00 bits per heavy atom. The summed E-state index contributed by atoms with van der Waals surface area (Å²) >= 11 is 0. The first-order valence-electron chi connectivity index (χ1n) is 11.3. The summed E-state index contributed by atoms with van der Waals surface area (Å²) in [6.07, 6.45) is 4.84. The van der Waals surface area contributed by atoms with Crippen molar-refractivity contribution in [2.45, 2.75) is 30.0 Å². The summed E-state index contributed by atoms with van der Waals surface area (Å²) in [7, 11) is 9.37. The molecule has 5 heterocycles. The molecule has 1 unspecified atom stereocenters. The van der Waals surface area contributed by atoms with E-state index >= 15 is 8.78 Å². The second kappa shape index (κ2) is 7.55. The van der Waals surface area contributed by atoms with Gasteiger partial charge in [0.1, 0.15) is 33.0 Å². The van der Waals surface area contributed by atoms with Crippen LogP contribution in [-0.2, 0) is 13.0 Å². The summed E-state index contributed by atoms with van der Waals surface area (Å²) in [5.41, 5.74) is 0.746. The number of hydrogen-bond acceptors (Lipinski definition) is 4. The molecule has 4 aromatic heterocycles. The van der Waals surface area contributed by atoms with Crippen LogP contribution in [0.25, 0.3) is 33.5 Å². The van der Waals surface area contributed by atoms with E-state index in [1.807, 2.05) is 23.5 Å². The van der Waals surface area contributed by atoms with Crippen molar-refractivity contribution in [3.05, 3.63) is 48.1 Å². The number of aromatic nitrogens is 6. The molecule has 6 nitrogen and oxygen atoms in total. The zero-order chi connectivity index (χ0) is 24.5. The van der Waals surface area contributed by atoms with E-state index < -0.39 is 22.5 Å². The molecule has 34 heavy (non-hydrogen) atoms. The van der Waals surface area contributed by atoms with Crippen molar-refractivity contribution >= 4 is 50.3 Å². The fourth-order valence-electron chi connectivity index (χ4n) is 5.62. The molecule has 0 aliphatic carbocycles. The van der Waals surface area contributed by atoms with E-state index in [0.717, 1.165) is 18.1 Å². The molecule has 1 atom stereocenters. The largest absolute Gasteiger partial charge is 0.268 e. The molecule has 0 saturated carbocycles. The Hall–Kier alpha value is -2.91. The third-order valence-electron chi connectivity index (χ3n) is 7.49. The molecular weight excluding hydrogens is 435 g/mol. The Labute approximate surface area is 199 Å². The topological polar surface area (TPSA) is 72.3 Å². The molecule has 1 aliphatic rings. The molecular formula is C20H22B5F3N6. The van der Waals surface area contributed by atoms with Crippen molar-refractivity contribution in [3.63, 3.8) is 0 Å². The van der Waals surface area contributed by atoms with Crippen molar-refractivity contribution in [1.82, 2.24) is 29.9 Å². The highest BCUT2D eigenvalue weighted by atomic mass is 19.1. The number of halogens is 3. The number of rotatable bonds is 4. The van der Waals surface area contributed by atoms with E-state index in [4.69, 9.17) is 5.10 Å². The van der Waals surface area contributed by atoms with Gasteiger partial charge in [0.05, 0.1) is 53.3 Å². The SMILES string of the molecule is BC(B)(B)C1(C(B)(B)F)CCc2c(-c3c(F)cnc4[nH]ncc34)c(-c3ccc(F)cn3)nn2C1. The van der Waals surface area contributed by atoms with Gasteiger partial charge in [0.15, 0.2) is 5.65 Å². The third-order valence-corrected chi connectivity index (χ3v) is 7.49. The van der Waals surface area contributed by atoms with Gasteiger partial charge >= 0.3 is 0 Å². The molecule has 0 saturated heterocycles. The average molecular weight is 457 g/mol. The Bertz CT molecular complexity index is 1380. The lowest BCUT2D eigenvalue weighted by molar-refractivity contribution is 0.0781. The van der Waals surface area contributed by atoms with Crippen LogP contribution in [0.1, 0.15) is 12.1 Å².